The number of nitrogens with zero attached hydrogens (tertiary/aromatic N) is 1. The predicted octanol–water partition coefficient (Wildman–Crippen LogP) is 5.14. The van der Waals surface area contributed by atoms with Crippen LogP contribution in [0.1, 0.15) is 20.2 Å². The molecule has 0 radical (unpaired) electrons. The predicted molar refractivity (Wildman–Crippen MR) is 106 cm³/mol. The van der Waals surface area contributed by atoms with Gasteiger partial charge in [0.1, 0.15) is 10.5 Å². The van der Waals surface area contributed by atoms with Crippen LogP contribution in [-0.2, 0) is 0 Å². The molecule has 6 heteroatoms. The van der Waals surface area contributed by atoms with E-state index in [1.807, 2.05) is 48.5 Å². The standard InChI is InChI=1S/C21H15NO4S/c1-22(20(23)17-11-14-9-5-6-10-16(14)26-17)15-12-18(27-19(15)21(24)25)13-7-3-2-4-8-13/h2-12H,1H3,(H,24,25). The number of rotatable bonds is 4. The Balaban J connectivity index is 1.74. The van der Waals surface area contributed by atoms with E-state index in [9.17, 15) is 14.7 Å². The van der Waals surface area contributed by atoms with Crippen molar-refractivity contribution in [2.24, 2.45) is 0 Å². The summed E-state index contributed by atoms with van der Waals surface area (Å²) in [5.41, 5.74) is 1.86. The summed E-state index contributed by atoms with van der Waals surface area (Å²) in [6, 6.07) is 20.2. The van der Waals surface area contributed by atoms with E-state index in [1.165, 1.54) is 4.90 Å². The first-order valence-corrected chi connectivity index (χ1v) is 9.05. The SMILES string of the molecule is CN(C(=O)c1cc2ccccc2o1)c1cc(-c2ccccc2)sc1C(=O)O. The number of amides is 1. The molecule has 0 bridgehead atoms. The van der Waals surface area contributed by atoms with Crippen LogP contribution in [0.4, 0.5) is 5.69 Å². The molecule has 134 valence electrons. The highest BCUT2D eigenvalue weighted by Gasteiger charge is 2.25. The molecule has 0 aliphatic carbocycles. The van der Waals surface area contributed by atoms with E-state index in [0.29, 0.717) is 11.3 Å². The average Bonchev–Trinajstić information content (AvgIpc) is 3.32. The first-order valence-electron chi connectivity index (χ1n) is 8.24. The van der Waals surface area contributed by atoms with Crippen molar-refractivity contribution in [3.63, 3.8) is 0 Å². The third-order valence-electron chi connectivity index (χ3n) is 4.27. The van der Waals surface area contributed by atoms with Gasteiger partial charge in [0.2, 0.25) is 0 Å². The molecule has 0 aliphatic rings. The monoisotopic (exact) mass is 377 g/mol. The zero-order chi connectivity index (χ0) is 19.0. The van der Waals surface area contributed by atoms with Gasteiger partial charge >= 0.3 is 5.97 Å². The van der Waals surface area contributed by atoms with Crippen molar-refractivity contribution in [1.82, 2.24) is 0 Å². The van der Waals surface area contributed by atoms with Crippen molar-refractivity contribution in [2.45, 2.75) is 0 Å². The van der Waals surface area contributed by atoms with Crippen LogP contribution in [0.15, 0.2) is 71.1 Å². The Morgan fingerprint density at radius 1 is 1.00 bits per heavy atom. The number of furan rings is 1. The van der Waals surface area contributed by atoms with Crippen LogP contribution in [0.3, 0.4) is 0 Å². The van der Waals surface area contributed by atoms with E-state index in [1.54, 1.807) is 25.2 Å². The highest BCUT2D eigenvalue weighted by atomic mass is 32.1. The lowest BCUT2D eigenvalue weighted by molar-refractivity contribution is 0.0703. The number of para-hydroxylation sites is 1. The fourth-order valence-corrected chi connectivity index (χ4v) is 3.92. The quantitative estimate of drug-likeness (QED) is 0.535. The van der Waals surface area contributed by atoms with E-state index in [4.69, 9.17) is 4.42 Å². The summed E-state index contributed by atoms with van der Waals surface area (Å²) >= 11 is 1.14. The molecule has 2 heterocycles. The molecule has 5 nitrogen and oxygen atoms in total. The first-order chi connectivity index (χ1) is 13.0. The summed E-state index contributed by atoms with van der Waals surface area (Å²) in [6.07, 6.45) is 0. The van der Waals surface area contributed by atoms with E-state index < -0.39 is 11.9 Å². The lowest BCUT2D eigenvalue weighted by Crippen LogP contribution is -2.26. The number of carbonyl (C=O) groups is 2. The summed E-state index contributed by atoms with van der Waals surface area (Å²) in [6.45, 7) is 0. The van der Waals surface area contributed by atoms with Gasteiger partial charge < -0.3 is 14.4 Å². The minimum Gasteiger partial charge on any atom is -0.477 e. The van der Waals surface area contributed by atoms with Gasteiger partial charge in [-0.1, -0.05) is 48.5 Å². The highest BCUT2D eigenvalue weighted by molar-refractivity contribution is 7.18. The van der Waals surface area contributed by atoms with Crippen molar-refractivity contribution in [3.05, 3.63) is 77.4 Å². The molecule has 4 rings (SSSR count). The van der Waals surface area contributed by atoms with Crippen LogP contribution in [0.5, 0.6) is 0 Å². The zero-order valence-corrected chi connectivity index (χ0v) is 15.2. The Kier molecular flexibility index (Phi) is 4.25. The van der Waals surface area contributed by atoms with Gasteiger partial charge in [0.25, 0.3) is 5.91 Å². The van der Waals surface area contributed by atoms with Gasteiger partial charge in [0.05, 0.1) is 5.69 Å². The van der Waals surface area contributed by atoms with Crippen molar-refractivity contribution in [1.29, 1.82) is 0 Å². The Morgan fingerprint density at radius 3 is 2.41 bits per heavy atom. The van der Waals surface area contributed by atoms with Gasteiger partial charge in [-0.05, 0) is 23.8 Å². The van der Waals surface area contributed by atoms with E-state index in [0.717, 1.165) is 27.2 Å². The van der Waals surface area contributed by atoms with Gasteiger partial charge in [-0.3, -0.25) is 4.79 Å². The van der Waals surface area contributed by atoms with Crippen LogP contribution in [0.25, 0.3) is 21.4 Å². The Hall–Kier alpha value is -3.38. The summed E-state index contributed by atoms with van der Waals surface area (Å²) in [5, 5.41) is 10.4. The maximum absolute atomic E-state index is 12.9. The maximum Gasteiger partial charge on any atom is 0.348 e. The zero-order valence-electron chi connectivity index (χ0n) is 14.4. The van der Waals surface area contributed by atoms with Gasteiger partial charge in [-0.15, -0.1) is 11.3 Å². The molecule has 0 unspecified atom stereocenters. The normalized spacial score (nSPS) is 10.9. The van der Waals surface area contributed by atoms with Crippen LogP contribution in [-0.4, -0.2) is 24.0 Å². The third-order valence-corrected chi connectivity index (χ3v) is 5.43. The van der Waals surface area contributed by atoms with Gasteiger partial charge in [-0.25, -0.2) is 4.79 Å². The summed E-state index contributed by atoms with van der Waals surface area (Å²) in [5.74, 6) is -1.30. The number of carboxylic acids is 1. The number of carboxylic acid groups (broad SMARTS) is 1. The first kappa shape index (κ1) is 17.1. The lowest BCUT2D eigenvalue weighted by Gasteiger charge is -2.15. The molecule has 27 heavy (non-hydrogen) atoms. The lowest BCUT2D eigenvalue weighted by atomic mass is 10.2. The fourth-order valence-electron chi connectivity index (χ4n) is 2.89. The van der Waals surface area contributed by atoms with Crippen molar-refractivity contribution >= 4 is 39.9 Å². The molecule has 0 saturated carbocycles. The summed E-state index contributed by atoms with van der Waals surface area (Å²) in [7, 11) is 1.55. The summed E-state index contributed by atoms with van der Waals surface area (Å²) in [4.78, 5) is 26.8. The third kappa shape index (κ3) is 3.11. The van der Waals surface area contributed by atoms with E-state index in [2.05, 4.69) is 0 Å². The number of fused-ring (bicyclic) bond motifs is 1. The van der Waals surface area contributed by atoms with Gasteiger partial charge in [0, 0.05) is 17.3 Å². The molecule has 0 fully saturated rings. The molecule has 0 saturated heterocycles. The Morgan fingerprint density at radius 2 is 1.70 bits per heavy atom. The molecule has 0 atom stereocenters. The van der Waals surface area contributed by atoms with Crippen LogP contribution >= 0.6 is 11.3 Å². The van der Waals surface area contributed by atoms with Gasteiger partial charge in [-0.2, -0.15) is 0 Å². The largest absolute Gasteiger partial charge is 0.477 e. The molecule has 1 N–H and O–H groups in total. The van der Waals surface area contributed by atoms with Crippen LogP contribution in [0.2, 0.25) is 0 Å². The fraction of sp³-hybridized carbons (Fsp3) is 0.0476. The molecule has 1 amide bonds. The molecular weight excluding hydrogens is 362 g/mol. The second-order valence-corrected chi connectivity index (χ2v) is 7.06. The molecule has 0 spiro atoms. The van der Waals surface area contributed by atoms with E-state index >= 15 is 0 Å². The molecule has 2 aromatic carbocycles. The number of aromatic carboxylic acids is 1. The number of hydrogen-bond acceptors (Lipinski definition) is 4. The number of hydrogen-bond donors (Lipinski definition) is 1. The number of benzene rings is 2. The maximum atomic E-state index is 12.9. The molecule has 2 aromatic heterocycles. The topological polar surface area (TPSA) is 70.8 Å². The van der Waals surface area contributed by atoms with Crippen LogP contribution < -0.4 is 4.90 Å². The minimum atomic E-state index is -1.07. The van der Waals surface area contributed by atoms with Crippen molar-refractivity contribution in [2.75, 3.05) is 11.9 Å². The molecular formula is C21H15NO4S. The highest BCUT2D eigenvalue weighted by Crippen LogP contribution is 2.37. The molecule has 0 aliphatic heterocycles. The van der Waals surface area contributed by atoms with Gasteiger partial charge in [0.15, 0.2) is 5.76 Å². The van der Waals surface area contributed by atoms with Crippen molar-refractivity contribution in [3.8, 4) is 10.4 Å². The second-order valence-electron chi connectivity index (χ2n) is 6.01. The van der Waals surface area contributed by atoms with E-state index in [-0.39, 0.29) is 10.6 Å². The number of anilines is 1. The second kappa shape index (κ2) is 6.74. The smallest absolute Gasteiger partial charge is 0.348 e. The van der Waals surface area contributed by atoms with Crippen molar-refractivity contribution < 1.29 is 19.1 Å². The molecule has 4 aromatic rings. The summed E-state index contributed by atoms with van der Waals surface area (Å²) < 4.78 is 5.63. The Labute approximate surface area is 159 Å². The minimum absolute atomic E-state index is 0.112. The van der Waals surface area contributed by atoms with Crippen LogP contribution in [0, 0.1) is 0 Å². The Bertz CT molecular complexity index is 1110. The number of thiophene rings is 1. The average molecular weight is 377 g/mol. The number of carbonyl (C=O) groups excluding carboxylic acids is 1.